The third kappa shape index (κ3) is 3.24. The molecule has 1 amide bonds. The quantitative estimate of drug-likeness (QED) is 0.788. The maximum atomic E-state index is 11.9. The third-order valence-electron chi connectivity index (χ3n) is 3.04. The van der Waals surface area contributed by atoms with Gasteiger partial charge in [-0.05, 0) is 18.1 Å². The Morgan fingerprint density at radius 2 is 2.16 bits per heavy atom. The second kappa shape index (κ2) is 5.58. The second-order valence-corrected chi connectivity index (χ2v) is 6.40. The fourth-order valence-electron chi connectivity index (χ4n) is 2.19. The lowest BCUT2D eigenvalue weighted by atomic mass is 10.0. The molecule has 0 aliphatic carbocycles. The molecule has 104 valence electrons. The van der Waals surface area contributed by atoms with Gasteiger partial charge in [-0.2, -0.15) is 0 Å². The van der Waals surface area contributed by atoms with Gasteiger partial charge >= 0.3 is 6.09 Å². The summed E-state index contributed by atoms with van der Waals surface area (Å²) in [4.78, 5) is 10.8. The first-order valence-corrected chi connectivity index (χ1v) is 7.63. The van der Waals surface area contributed by atoms with Crippen molar-refractivity contribution in [2.45, 2.75) is 17.4 Å². The highest BCUT2D eigenvalue weighted by atomic mass is 32.2. The van der Waals surface area contributed by atoms with E-state index in [1.54, 1.807) is 18.2 Å². The zero-order valence-electron chi connectivity index (χ0n) is 10.3. The summed E-state index contributed by atoms with van der Waals surface area (Å²) in [5.41, 5.74) is 5.63. The van der Waals surface area contributed by atoms with Gasteiger partial charge in [-0.25, -0.2) is 13.2 Å². The van der Waals surface area contributed by atoms with Crippen LogP contribution in [0.5, 0.6) is 0 Å². The molecule has 19 heavy (non-hydrogen) atoms. The number of carbonyl (C=O) groups excluding carboxylic acids is 1. The highest BCUT2D eigenvalue weighted by Gasteiger charge is 2.29. The summed E-state index contributed by atoms with van der Waals surface area (Å²) in [5, 5.41) is 3.17. The second-order valence-electron chi connectivity index (χ2n) is 4.32. The van der Waals surface area contributed by atoms with E-state index in [-0.39, 0.29) is 18.4 Å². The van der Waals surface area contributed by atoms with E-state index >= 15 is 0 Å². The van der Waals surface area contributed by atoms with Gasteiger partial charge in [-0.1, -0.05) is 18.2 Å². The lowest BCUT2D eigenvalue weighted by Gasteiger charge is -2.26. The maximum absolute atomic E-state index is 11.9. The molecule has 1 unspecified atom stereocenters. The van der Waals surface area contributed by atoms with Gasteiger partial charge in [0.05, 0.1) is 10.6 Å². The number of benzene rings is 1. The van der Waals surface area contributed by atoms with Gasteiger partial charge in [0.15, 0.2) is 9.84 Å². The molecule has 2 rings (SSSR count). The number of nitrogens with two attached hydrogens (primary N) is 1. The lowest BCUT2D eigenvalue weighted by molar-refractivity contribution is 0.156. The predicted molar refractivity (Wildman–Crippen MR) is 69.4 cm³/mol. The Morgan fingerprint density at radius 1 is 1.42 bits per heavy atom. The highest BCUT2D eigenvalue weighted by molar-refractivity contribution is 7.91. The zero-order valence-corrected chi connectivity index (χ0v) is 11.2. The number of rotatable bonds is 4. The number of fused-ring (bicyclic) bond motifs is 1. The molecule has 1 atom stereocenters. The lowest BCUT2D eigenvalue weighted by Crippen LogP contribution is -2.32. The Balaban J connectivity index is 2.06. The Hall–Kier alpha value is -1.60. The molecule has 0 radical (unpaired) electrons. The van der Waals surface area contributed by atoms with Crippen molar-refractivity contribution in [1.82, 2.24) is 5.32 Å². The standard InChI is InChI=1S/C12H16N2O4S/c13-12(15)18-7-6-14-10-5-8-19(16,17)11-4-2-1-3-9(10)11/h1-4,10,14H,5-8H2,(H2,13,15). The van der Waals surface area contributed by atoms with Crippen LogP contribution in [0.1, 0.15) is 18.0 Å². The summed E-state index contributed by atoms with van der Waals surface area (Å²) < 4.78 is 28.5. The average Bonchev–Trinajstić information content (AvgIpc) is 2.37. The first kappa shape index (κ1) is 13.8. The molecule has 3 N–H and O–H groups in total. The molecule has 0 fully saturated rings. The number of nitrogens with one attached hydrogen (secondary N) is 1. The summed E-state index contributed by atoms with van der Waals surface area (Å²) in [6.07, 6.45) is -0.302. The van der Waals surface area contributed by atoms with Crippen LogP contribution >= 0.6 is 0 Å². The molecule has 0 bridgehead atoms. The van der Waals surface area contributed by atoms with Crippen molar-refractivity contribution in [2.24, 2.45) is 5.73 Å². The van der Waals surface area contributed by atoms with Crippen LogP contribution in [0.4, 0.5) is 4.79 Å². The van der Waals surface area contributed by atoms with Crippen molar-refractivity contribution in [3.8, 4) is 0 Å². The summed E-state index contributed by atoms with van der Waals surface area (Å²) in [6, 6.07) is 6.91. The van der Waals surface area contributed by atoms with Gasteiger partial charge in [0.2, 0.25) is 0 Å². The highest BCUT2D eigenvalue weighted by Crippen LogP contribution is 2.31. The van der Waals surface area contributed by atoms with Gasteiger partial charge in [0.1, 0.15) is 6.61 Å². The predicted octanol–water partition coefficient (Wildman–Crippen LogP) is 0.590. The van der Waals surface area contributed by atoms with E-state index in [2.05, 4.69) is 10.1 Å². The van der Waals surface area contributed by atoms with Crippen LogP contribution in [-0.4, -0.2) is 33.4 Å². The number of primary amides is 1. The van der Waals surface area contributed by atoms with Gasteiger partial charge in [-0.3, -0.25) is 0 Å². The molecule has 1 aliphatic heterocycles. The minimum Gasteiger partial charge on any atom is -0.448 e. The molecule has 1 aliphatic rings. The van der Waals surface area contributed by atoms with E-state index in [0.29, 0.717) is 17.9 Å². The van der Waals surface area contributed by atoms with Gasteiger partial charge in [-0.15, -0.1) is 0 Å². The smallest absolute Gasteiger partial charge is 0.404 e. The molecule has 0 spiro atoms. The van der Waals surface area contributed by atoms with Gasteiger partial charge in [0, 0.05) is 12.6 Å². The first-order chi connectivity index (χ1) is 9.00. The molecule has 0 saturated heterocycles. The van der Waals surface area contributed by atoms with Crippen molar-refractivity contribution in [1.29, 1.82) is 0 Å². The van der Waals surface area contributed by atoms with Crippen molar-refractivity contribution in [2.75, 3.05) is 18.9 Å². The Kier molecular flexibility index (Phi) is 4.06. The van der Waals surface area contributed by atoms with Crippen LogP contribution in [0.3, 0.4) is 0 Å². The average molecular weight is 284 g/mol. The van der Waals surface area contributed by atoms with Crippen LogP contribution in [0.25, 0.3) is 0 Å². The molecule has 1 heterocycles. The number of sulfone groups is 1. The number of amides is 1. The molecular formula is C12H16N2O4S. The fraction of sp³-hybridized carbons (Fsp3) is 0.417. The minimum atomic E-state index is -3.16. The maximum Gasteiger partial charge on any atom is 0.404 e. The monoisotopic (exact) mass is 284 g/mol. The topological polar surface area (TPSA) is 98.5 Å². The van der Waals surface area contributed by atoms with Crippen molar-refractivity contribution < 1.29 is 17.9 Å². The van der Waals surface area contributed by atoms with Crippen LogP contribution < -0.4 is 11.1 Å². The van der Waals surface area contributed by atoms with E-state index in [1.807, 2.05) is 6.07 Å². The van der Waals surface area contributed by atoms with Gasteiger partial charge in [0.25, 0.3) is 0 Å². The van der Waals surface area contributed by atoms with E-state index in [9.17, 15) is 13.2 Å². The van der Waals surface area contributed by atoms with Crippen molar-refractivity contribution in [3.05, 3.63) is 29.8 Å². The summed E-state index contributed by atoms with van der Waals surface area (Å²) >= 11 is 0. The summed E-state index contributed by atoms with van der Waals surface area (Å²) in [5.74, 6) is 0.123. The SMILES string of the molecule is NC(=O)OCCNC1CCS(=O)(=O)c2ccccc21. The Morgan fingerprint density at radius 3 is 2.89 bits per heavy atom. The summed E-state index contributed by atoms with van der Waals surface area (Å²) in [6.45, 7) is 0.600. The van der Waals surface area contributed by atoms with Crippen LogP contribution in [0.15, 0.2) is 29.2 Å². The van der Waals surface area contributed by atoms with Crippen LogP contribution in [-0.2, 0) is 14.6 Å². The van der Waals surface area contributed by atoms with E-state index in [0.717, 1.165) is 5.56 Å². The number of ether oxygens (including phenoxy) is 1. The molecule has 0 aromatic heterocycles. The molecule has 7 heteroatoms. The molecule has 0 saturated carbocycles. The normalized spacial score (nSPS) is 20.5. The molecule has 1 aromatic rings. The van der Waals surface area contributed by atoms with Crippen LogP contribution in [0, 0.1) is 0 Å². The van der Waals surface area contributed by atoms with Crippen molar-refractivity contribution in [3.63, 3.8) is 0 Å². The Bertz CT molecular complexity index is 571. The number of hydrogen-bond donors (Lipinski definition) is 2. The van der Waals surface area contributed by atoms with E-state index in [4.69, 9.17) is 5.73 Å². The zero-order chi connectivity index (χ0) is 13.9. The molecular weight excluding hydrogens is 268 g/mol. The number of carbonyl (C=O) groups is 1. The third-order valence-corrected chi connectivity index (χ3v) is 4.86. The first-order valence-electron chi connectivity index (χ1n) is 5.98. The molecule has 1 aromatic carbocycles. The largest absolute Gasteiger partial charge is 0.448 e. The van der Waals surface area contributed by atoms with E-state index < -0.39 is 15.9 Å². The minimum absolute atomic E-state index is 0.0452. The van der Waals surface area contributed by atoms with Gasteiger partial charge < -0.3 is 15.8 Å². The summed E-state index contributed by atoms with van der Waals surface area (Å²) in [7, 11) is -3.16. The van der Waals surface area contributed by atoms with E-state index in [1.165, 1.54) is 0 Å². The Labute approximate surface area is 111 Å². The fourth-order valence-corrected chi connectivity index (χ4v) is 3.81. The van der Waals surface area contributed by atoms with Crippen LogP contribution in [0.2, 0.25) is 0 Å². The molecule has 6 nitrogen and oxygen atoms in total. The van der Waals surface area contributed by atoms with Crippen molar-refractivity contribution >= 4 is 15.9 Å². The number of hydrogen-bond acceptors (Lipinski definition) is 5.